The van der Waals surface area contributed by atoms with E-state index in [2.05, 4.69) is 5.32 Å². The fourth-order valence-corrected chi connectivity index (χ4v) is 1.33. The van der Waals surface area contributed by atoms with Crippen molar-refractivity contribution in [1.82, 2.24) is 5.32 Å². The topological polar surface area (TPSA) is 64.3 Å². The van der Waals surface area contributed by atoms with Crippen LogP contribution in [-0.2, 0) is 4.79 Å². The number of carbonyl (C=O) groups excluding carboxylic acids is 1. The summed E-state index contributed by atoms with van der Waals surface area (Å²) in [6.45, 7) is 5.92. The molecule has 1 aromatic carbocycles. The van der Waals surface area contributed by atoms with Gasteiger partial charge in [-0.2, -0.15) is 0 Å². The molecule has 4 heteroatoms. The van der Waals surface area contributed by atoms with E-state index in [1.54, 1.807) is 12.1 Å². The third kappa shape index (κ3) is 4.34. The van der Waals surface area contributed by atoms with Gasteiger partial charge in [0.1, 0.15) is 5.75 Å². The number of hydrogen-bond donors (Lipinski definition) is 2. The van der Waals surface area contributed by atoms with Crippen molar-refractivity contribution in [3.05, 3.63) is 23.8 Å². The molecule has 0 radical (unpaired) electrons. The smallest absolute Gasteiger partial charge is 0.258 e. The fraction of sp³-hybridized carbons (Fsp3) is 0.462. The average molecular weight is 236 g/mol. The van der Waals surface area contributed by atoms with Crippen molar-refractivity contribution < 1.29 is 9.53 Å². The molecular formula is C13H20N2O2. The first-order valence-corrected chi connectivity index (χ1v) is 5.81. The summed E-state index contributed by atoms with van der Waals surface area (Å²) in [6, 6.07) is 5.58. The second kappa shape index (κ2) is 6.13. The first kappa shape index (κ1) is 13.4. The van der Waals surface area contributed by atoms with Gasteiger partial charge in [-0.05, 0) is 31.9 Å². The fourth-order valence-electron chi connectivity index (χ4n) is 1.33. The summed E-state index contributed by atoms with van der Waals surface area (Å²) < 4.78 is 5.43. The molecule has 0 saturated carbocycles. The van der Waals surface area contributed by atoms with Crippen molar-refractivity contribution in [3.63, 3.8) is 0 Å². The summed E-state index contributed by atoms with van der Waals surface area (Å²) in [7, 11) is 0. The van der Waals surface area contributed by atoms with Crippen LogP contribution in [0.3, 0.4) is 0 Å². The second-order valence-electron chi connectivity index (χ2n) is 4.19. The lowest BCUT2D eigenvalue weighted by Crippen LogP contribution is -2.35. The summed E-state index contributed by atoms with van der Waals surface area (Å²) in [5, 5.41) is 2.84. The van der Waals surface area contributed by atoms with Crippen LogP contribution >= 0.6 is 0 Å². The number of rotatable bonds is 5. The van der Waals surface area contributed by atoms with Crippen LogP contribution < -0.4 is 15.8 Å². The minimum absolute atomic E-state index is 0.0225. The molecule has 17 heavy (non-hydrogen) atoms. The molecule has 1 rings (SSSR count). The van der Waals surface area contributed by atoms with Gasteiger partial charge in [-0.15, -0.1) is 0 Å². The van der Waals surface area contributed by atoms with Crippen molar-refractivity contribution in [1.29, 1.82) is 0 Å². The largest absolute Gasteiger partial charge is 0.483 e. The Bertz CT molecular complexity index is 391. The van der Waals surface area contributed by atoms with Crippen LogP contribution in [0.2, 0.25) is 0 Å². The molecule has 0 bridgehead atoms. The number of nitrogens with one attached hydrogen (secondary N) is 1. The number of anilines is 1. The highest BCUT2D eigenvalue weighted by molar-refractivity contribution is 5.77. The van der Waals surface area contributed by atoms with Gasteiger partial charge < -0.3 is 15.8 Å². The summed E-state index contributed by atoms with van der Waals surface area (Å²) >= 11 is 0. The molecule has 1 atom stereocenters. The second-order valence-corrected chi connectivity index (χ2v) is 4.19. The molecule has 0 saturated heterocycles. The molecular weight excluding hydrogens is 216 g/mol. The van der Waals surface area contributed by atoms with Crippen molar-refractivity contribution in [3.8, 4) is 5.75 Å². The highest BCUT2D eigenvalue weighted by Gasteiger charge is 2.07. The first-order chi connectivity index (χ1) is 8.02. The maximum absolute atomic E-state index is 11.5. The van der Waals surface area contributed by atoms with Crippen molar-refractivity contribution >= 4 is 11.6 Å². The van der Waals surface area contributed by atoms with Gasteiger partial charge in [0, 0.05) is 17.8 Å². The minimum Gasteiger partial charge on any atom is -0.483 e. The van der Waals surface area contributed by atoms with Gasteiger partial charge in [0.25, 0.3) is 5.91 Å². The van der Waals surface area contributed by atoms with E-state index in [0.717, 1.165) is 12.0 Å². The monoisotopic (exact) mass is 236 g/mol. The molecule has 0 aromatic heterocycles. The molecule has 0 heterocycles. The van der Waals surface area contributed by atoms with E-state index in [1.165, 1.54) is 0 Å². The highest BCUT2D eigenvalue weighted by Crippen LogP contribution is 2.20. The predicted molar refractivity (Wildman–Crippen MR) is 69.0 cm³/mol. The van der Waals surface area contributed by atoms with Crippen molar-refractivity contribution in [2.24, 2.45) is 0 Å². The Hall–Kier alpha value is -1.71. The number of ether oxygens (including phenoxy) is 1. The summed E-state index contributed by atoms with van der Waals surface area (Å²) in [6.07, 6.45) is 0.906. The molecule has 3 N–H and O–H groups in total. The molecule has 0 fully saturated rings. The molecule has 1 unspecified atom stereocenters. The van der Waals surface area contributed by atoms with Gasteiger partial charge in [0.15, 0.2) is 6.61 Å². The molecule has 0 aliphatic carbocycles. The van der Waals surface area contributed by atoms with Crippen molar-refractivity contribution in [2.75, 3.05) is 12.3 Å². The Morgan fingerprint density at radius 3 is 2.88 bits per heavy atom. The maximum Gasteiger partial charge on any atom is 0.258 e. The number of benzene rings is 1. The normalized spacial score (nSPS) is 11.9. The molecule has 1 amide bonds. The van der Waals surface area contributed by atoms with Crippen LogP contribution in [0.15, 0.2) is 18.2 Å². The van der Waals surface area contributed by atoms with Crippen LogP contribution in [0.5, 0.6) is 5.75 Å². The molecule has 94 valence electrons. The van der Waals surface area contributed by atoms with Gasteiger partial charge in [0.2, 0.25) is 0 Å². The number of nitrogens with two attached hydrogens (primary N) is 1. The van der Waals surface area contributed by atoms with Gasteiger partial charge in [-0.1, -0.05) is 13.0 Å². The van der Waals surface area contributed by atoms with E-state index in [0.29, 0.717) is 11.4 Å². The Labute approximate surface area is 102 Å². The lowest BCUT2D eigenvalue weighted by atomic mass is 10.2. The minimum atomic E-state index is -0.110. The zero-order valence-corrected chi connectivity index (χ0v) is 10.6. The number of amides is 1. The third-order valence-corrected chi connectivity index (χ3v) is 2.59. The Morgan fingerprint density at radius 2 is 2.24 bits per heavy atom. The zero-order valence-electron chi connectivity index (χ0n) is 10.6. The van der Waals surface area contributed by atoms with Crippen LogP contribution in [-0.4, -0.2) is 18.6 Å². The quantitative estimate of drug-likeness (QED) is 0.767. The van der Waals surface area contributed by atoms with Gasteiger partial charge in [-0.3, -0.25) is 4.79 Å². The van der Waals surface area contributed by atoms with Crippen LogP contribution in [0.25, 0.3) is 0 Å². The molecule has 0 aliphatic rings. The summed E-state index contributed by atoms with van der Waals surface area (Å²) in [5.41, 5.74) is 7.26. The van der Waals surface area contributed by atoms with Crippen LogP contribution in [0.1, 0.15) is 25.8 Å². The van der Waals surface area contributed by atoms with Gasteiger partial charge in [-0.25, -0.2) is 0 Å². The SMILES string of the molecule is CCC(C)NC(=O)COc1cc(N)ccc1C. The Morgan fingerprint density at radius 1 is 1.53 bits per heavy atom. The van der Waals surface area contributed by atoms with Crippen LogP contribution in [0.4, 0.5) is 5.69 Å². The van der Waals surface area contributed by atoms with E-state index >= 15 is 0 Å². The number of aryl methyl sites for hydroxylation is 1. The zero-order chi connectivity index (χ0) is 12.8. The predicted octanol–water partition coefficient (Wildman–Crippen LogP) is 1.87. The lowest BCUT2D eigenvalue weighted by molar-refractivity contribution is -0.123. The third-order valence-electron chi connectivity index (χ3n) is 2.59. The number of hydrogen-bond acceptors (Lipinski definition) is 3. The van der Waals surface area contributed by atoms with E-state index in [-0.39, 0.29) is 18.6 Å². The number of carbonyl (C=O) groups is 1. The molecule has 1 aromatic rings. The van der Waals surface area contributed by atoms with Crippen molar-refractivity contribution in [2.45, 2.75) is 33.2 Å². The van der Waals surface area contributed by atoms with E-state index in [9.17, 15) is 4.79 Å². The molecule has 0 spiro atoms. The average Bonchev–Trinajstić information content (AvgIpc) is 2.30. The van der Waals surface area contributed by atoms with E-state index in [4.69, 9.17) is 10.5 Å². The molecule has 4 nitrogen and oxygen atoms in total. The van der Waals surface area contributed by atoms with E-state index in [1.807, 2.05) is 26.8 Å². The highest BCUT2D eigenvalue weighted by atomic mass is 16.5. The standard InChI is InChI=1S/C13H20N2O2/c1-4-10(3)15-13(16)8-17-12-7-11(14)6-5-9(12)2/h5-7,10H,4,8,14H2,1-3H3,(H,15,16). The maximum atomic E-state index is 11.5. The lowest BCUT2D eigenvalue weighted by Gasteiger charge is -2.13. The van der Waals surface area contributed by atoms with Gasteiger partial charge >= 0.3 is 0 Å². The summed E-state index contributed by atoms with van der Waals surface area (Å²) in [4.78, 5) is 11.5. The Kier molecular flexibility index (Phi) is 4.82. The Balaban J connectivity index is 2.50. The van der Waals surface area contributed by atoms with E-state index < -0.39 is 0 Å². The van der Waals surface area contributed by atoms with Gasteiger partial charge in [0.05, 0.1) is 0 Å². The first-order valence-electron chi connectivity index (χ1n) is 5.81. The summed E-state index contributed by atoms with van der Waals surface area (Å²) in [5.74, 6) is 0.547. The molecule has 0 aliphatic heterocycles. The van der Waals surface area contributed by atoms with Crippen LogP contribution in [0, 0.1) is 6.92 Å². The number of nitrogen functional groups attached to an aromatic ring is 1.